The van der Waals surface area contributed by atoms with Crippen LogP contribution in [0.15, 0.2) is 48.5 Å². The summed E-state index contributed by atoms with van der Waals surface area (Å²) in [6.07, 6.45) is 0. The molecule has 1 atom stereocenters. The summed E-state index contributed by atoms with van der Waals surface area (Å²) in [5.74, 6) is 0. The van der Waals surface area contributed by atoms with Crippen molar-refractivity contribution in [1.82, 2.24) is 5.32 Å². The Balaban J connectivity index is 1.66. The average Bonchev–Trinajstić information content (AvgIpc) is 2.53. The molecule has 0 amide bonds. The number of ether oxygens (including phenoxy) is 1. The fourth-order valence-electron chi connectivity index (χ4n) is 2.70. The maximum Gasteiger partial charge on any atom is 0.0721 e. The van der Waals surface area contributed by atoms with E-state index in [4.69, 9.17) is 4.74 Å². The van der Waals surface area contributed by atoms with Gasteiger partial charge in [-0.05, 0) is 28.8 Å². The van der Waals surface area contributed by atoms with Gasteiger partial charge in [-0.25, -0.2) is 0 Å². The van der Waals surface area contributed by atoms with E-state index in [1.807, 2.05) is 0 Å². The Labute approximate surface area is 126 Å². The first-order valence-corrected chi connectivity index (χ1v) is 7.39. The zero-order chi connectivity index (χ0) is 14.7. The maximum absolute atomic E-state index is 5.68. The molecule has 1 N–H and O–H groups in total. The third-order valence-electron chi connectivity index (χ3n) is 3.98. The highest BCUT2D eigenvalue weighted by atomic mass is 16.5. The predicted octanol–water partition coefficient (Wildman–Crippen LogP) is 3.11. The SMILES string of the molecule is CN(C)c1ccc(CNC2COCc3ccccc32)cc1. The summed E-state index contributed by atoms with van der Waals surface area (Å²) in [5.41, 5.74) is 5.19. The van der Waals surface area contributed by atoms with Crippen LogP contribution in [0.2, 0.25) is 0 Å². The van der Waals surface area contributed by atoms with E-state index in [9.17, 15) is 0 Å². The Bertz CT molecular complexity index is 592. The summed E-state index contributed by atoms with van der Waals surface area (Å²) in [7, 11) is 4.12. The molecule has 2 aromatic rings. The summed E-state index contributed by atoms with van der Waals surface area (Å²) in [4.78, 5) is 2.11. The van der Waals surface area contributed by atoms with Crippen LogP contribution in [0.4, 0.5) is 5.69 Å². The van der Waals surface area contributed by atoms with Gasteiger partial charge in [0.05, 0.1) is 19.3 Å². The van der Waals surface area contributed by atoms with Crippen molar-refractivity contribution in [3.8, 4) is 0 Å². The quantitative estimate of drug-likeness (QED) is 0.932. The van der Waals surface area contributed by atoms with Gasteiger partial charge in [0.2, 0.25) is 0 Å². The molecule has 0 spiro atoms. The van der Waals surface area contributed by atoms with E-state index in [0.29, 0.717) is 0 Å². The van der Waals surface area contributed by atoms with Crippen molar-refractivity contribution in [3.63, 3.8) is 0 Å². The first-order chi connectivity index (χ1) is 10.2. The molecular formula is C18H22N2O. The van der Waals surface area contributed by atoms with Gasteiger partial charge in [0.1, 0.15) is 0 Å². The highest BCUT2D eigenvalue weighted by Crippen LogP contribution is 2.24. The lowest BCUT2D eigenvalue weighted by Gasteiger charge is -2.26. The molecule has 0 saturated heterocycles. The van der Waals surface area contributed by atoms with Crippen molar-refractivity contribution in [1.29, 1.82) is 0 Å². The number of hydrogen-bond donors (Lipinski definition) is 1. The molecule has 0 fully saturated rings. The highest BCUT2D eigenvalue weighted by molar-refractivity contribution is 5.46. The Morgan fingerprint density at radius 3 is 2.62 bits per heavy atom. The Kier molecular flexibility index (Phi) is 4.23. The number of fused-ring (bicyclic) bond motifs is 1. The van der Waals surface area contributed by atoms with Gasteiger partial charge < -0.3 is 15.0 Å². The van der Waals surface area contributed by atoms with E-state index in [2.05, 4.69) is 72.8 Å². The molecule has 110 valence electrons. The standard InChI is InChI=1S/C18H22N2O/c1-20(2)16-9-7-14(8-10-16)11-19-18-13-21-12-15-5-3-4-6-17(15)18/h3-10,18-19H,11-13H2,1-2H3. The van der Waals surface area contributed by atoms with Crippen molar-refractivity contribution in [2.75, 3.05) is 25.6 Å². The molecule has 21 heavy (non-hydrogen) atoms. The number of nitrogens with zero attached hydrogens (tertiary/aromatic N) is 1. The fraction of sp³-hybridized carbons (Fsp3) is 0.333. The highest BCUT2D eigenvalue weighted by Gasteiger charge is 2.19. The van der Waals surface area contributed by atoms with E-state index in [1.54, 1.807) is 0 Å². The number of nitrogens with one attached hydrogen (secondary N) is 1. The van der Waals surface area contributed by atoms with E-state index in [-0.39, 0.29) is 6.04 Å². The maximum atomic E-state index is 5.68. The largest absolute Gasteiger partial charge is 0.378 e. The topological polar surface area (TPSA) is 24.5 Å². The third kappa shape index (κ3) is 3.26. The molecule has 3 rings (SSSR count). The van der Waals surface area contributed by atoms with Crippen molar-refractivity contribution in [3.05, 3.63) is 65.2 Å². The smallest absolute Gasteiger partial charge is 0.0721 e. The molecule has 0 aliphatic carbocycles. The van der Waals surface area contributed by atoms with Gasteiger partial charge in [-0.3, -0.25) is 0 Å². The Hall–Kier alpha value is -1.84. The fourth-order valence-corrected chi connectivity index (χ4v) is 2.70. The number of benzene rings is 2. The van der Waals surface area contributed by atoms with E-state index >= 15 is 0 Å². The molecular weight excluding hydrogens is 260 g/mol. The predicted molar refractivity (Wildman–Crippen MR) is 86.4 cm³/mol. The van der Waals surface area contributed by atoms with Crippen LogP contribution in [0.25, 0.3) is 0 Å². The number of rotatable bonds is 4. The Morgan fingerprint density at radius 1 is 1.10 bits per heavy atom. The zero-order valence-corrected chi connectivity index (χ0v) is 12.7. The normalized spacial score (nSPS) is 17.3. The summed E-state index contributed by atoms with van der Waals surface area (Å²) < 4.78 is 5.68. The lowest BCUT2D eigenvalue weighted by atomic mass is 9.99. The van der Waals surface area contributed by atoms with E-state index in [1.165, 1.54) is 22.4 Å². The Morgan fingerprint density at radius 2 is 1.86 bits per heavy atom. The molecule has 1 aliphatic heterocycles. The second-order valence-corrected chi connectivity index (χ2v) is 5.71. The summed E-state index contributed by atoms with van der Waals surface area (Å²) in [6, 6.07) is 17.5. The van der Waals surface area contributed by atoms with Crippen molar-refractivity contribution >= 4 is 5.69 Å². The zero-order valence-electron chi connectivity index (χ0n) is 12.7. The molecule has 0 bridgehead atoms. The van der Waals surface area contributed by atoms with Crippen LogP contribution in [0.1, 0.15) is 22.7 Å². The summed E-state index contributed by atoms with van der Waals surface area (Å²) in [5, 5.41) is 3.60. The first-order valence-electron chi connectivity index (χ1n) is 7.39. The van der Waals surface area contributed by atoms with Crippen LogP contribution >= 0.6 is 0 Å². The van der Waals surface area contributed by atoms with Crippen LogP contribution in [0.3, 0.4) is 0 Å². The van der Waals surface area contributed by atoms with E-state index < -0.39 is 0 Å². The van der Waals surface area contributed by atoms with Crippen LogP contribution in [0, 0.1) is 0 Å². The summed E-state index contributed by atoms with van der Waals surface area (Å²) in [6.45, 7) is 2.33. The summed E-state index contributed by atoms with van der Waals surface area (Å²) >= 11 is 0. The first kappa shape index (κ1) is 14.1. The van der Waals surface area contributed by atoms with Crippen molar-refractivity contribution in [2.24, 2.45) is 0 Å². The van der Waals surface area contributed by atoms with Gasteiger partial charge in [0, 0.05) is 26.3 Å². The lowest BCUT2D eigenvalue weighted by molar-refractivity contribution is 0.0817. The van der Waals surface area contributed by atoms with Crippen LogP contribution in [-0.4, -0.2) is 20.7 Å². The molecule has 0 radical (unpaired) electrons. The van der Waals surface area contributed by atoms with Crippen LogP contribution in [0.5, 0.6) is 0 Å². The van der Waals surface area contributed by atoms with Crippen LogP contribution < -0.4 is 10.2 Å². The van der Waals surface area contributed by atoms with Crippen molar-refractivity contribution < 1.29 is 4.74 Å². The van der Waals surface area contributed by atoms with E-state index in [0.717, 1.165) is 19.8 Å². The minimum absolute atomic E-state index is 0.281. The minimum atomic E-state index is 0.281. The molecule has 0 aromatic heterocycles. The monoisotopic (exact) mass is 282 g/mol. The van der Waals surface area contributed by atoms with Gasteiger partial charge in [-0.2, -0.15) is 0 Å². The molecule has 1 heterocycles. The molecule has 3 nitrogen and oxygen atoms in total. The van der Waals surface area contributed by atoms with Gasteiger partial charge in [0.15, 0.2) is 0 Å². The second kappa shape index (κ2) is 6.29. The van der Waals surface area contributed by atoms with Crippen LogP contribution in [-0.2, 0) is 17.9 Å². The third-order valence-corrected chi connectivity index (χ3v) is 3.98. The molecule has 3 heteroatoms. The lowest BCUT2D eigenvalue weighted by Crippen LogP contribution is -2.29. The number of hydrogen-bond acceptors (Lipinski definition) is 3. The van der Waals surface area contributed by atoms with Gasteiger partial charge in [0.25, 0.3) is 0 Å². The second-order valence-electron chi connectivity index (χ2n) is 5.71. The molecule has 2 aromatic carbocycles. The van der Waals surface area contributed by atoms with Gasteiger partial charge in [-0.1, -0.05) is 36.4 Å². The van der Waals surface area contributed by atoms with Gasteiger partial charge >= 0.3 is 0 Å². The van der Waals surface area contributed by atoms with Crippen molar-refractivity contribution in [2.45, 2.75) is 19.2 Å². The number of anilines is 1. The molecule has 1 unspecified atom stereocenters. The average molecular weight is 282 g/mol. The van der Waals surface area contributed by atoms with Gasteiger partial charge in [-0.15, -0.1) is 0 Å². The molecule has 1 aliphatic rings. The molecule has 0 saturated carbocycles. The minimum Gasteiger partial charge on any atom is -0.378 e.